The predicted octanol–water partition coefficient (Wildman–Crippen LogP) is 14.5. The molecule has 1 spiro atoms. The molecule has 13 rings (SSSR count). The molecule has 0 fully saturated rings. The van der Waals surface area contributed by atoms with Crippen molar-refractivity contribution < 1.29 is 4.74 Å². The van der Waals surface area contributed by atoms with Crippen LogP contribution in [0.25, 0.3) is 54.9 Å². The molecule has 59 heavy (non-hydrogen) atoms. The summed E-state index contributed by atoms with van der Waals surface area (Å²) in [5, 5.41) is 4.96. The molecular formula is C58H36O. The Bertz CT molecular complexity index is 3330. The largest absolute Gasteiger partial charge is 0.457 e. The lowest BCUT2D eigenvalue weighted by Gasteiger charge is -2.40. The van der Waals surface area contributed by atoms with Crippen LogP contribution in [-0.4, -0.2) is 0 Å². The first-order valence-corrected chi connectivity index (χ1v) is 20.6. The second-order valence-electron chi connectivity index (χ2n) is 16.3. The van der Waals surface area contributed by atoms with E-state index in [9.17, 15) is 0 Å². The highest BCUT2D eigenvalue weighted by Gasteiger charge is 2.52. The van der Waals surface area contributed by atoms with Gasteiger partial charge in [-0.3, -0.25) is 0 Å². The third-order valence-corrected chi connectivity index (χ3v) is 13.6. The van der Waals surface area contributed by atoms with Crippen molar-refractivity contribution >= 4 is 21.5 Å². The maximum Gasteiger partial charge on any atom is 0.132 e. The van der Waals surface area contributed by atoms with E-state index in [2.05, 4.69) is 218 Å². The van der Waals surface area contributed by atoms with Crippen molar-refractivity contribution in [3.05, 3.63) is 263 Å². The van der Waals surface area contributed by atoms with Gasteiger partial charge in [0.05, 0.1) is 10.8 Å². The van der Waals surface area contributed by atoms with Gasteiger partial charge in [0.1, 0.15) is 11.5 Å². The number of hydrogen-bond acceptors (Lipinski definition) is 1. The van der Waals surface area contributed by atoms with Gasteiger partial charge in [-0.05, 0) is 113 Å². The lowest BCUT2D eigenvalue weighted by molar-refractivity contribution is 0.438. The van der Waals surface area contributed by atoms with E-state index >= 15 is 0 Å². The minimum absolute atomic E-state index is 0.538. The normalized spacial score (nSPS) is 16.1. The van der Waals surface area contributed by atoms with Gasteiger partial charge in [0.15, 0.2) is 0 Å². The average molecular weight is 749 g/mol. The summed E-state index contributed by atoms with van der Waals surface area (Å²) >= 11 is 0. The fraction of sp³-hybridized carbons (Fsp3) is 0.0345. The van der Waals surface area contributed by atoms with Gasteiger partial charge in [0.2, 0.25) is 0 Å². The molecule has 1 aliphatic heterocycles. The molecule has 0 N–H and O–H groups in total. The lowest BCUT2D eigenvalue weighted by atomic mass is 9.64. The summed E-state index contributed by atoms with van der Waals surface area (Å²) in [6, 6.07) is 81.1. The molecule has 1 atom stereocenters. The van der Waals surface area contributed by atoms with Crippen LogP contribution in [0, 0.1) is 0 Å². The SMILES string of the molecule is c1ccc(C2(c3cccc(-c4ccc5c(c4)C4(c6ccccc6-c6ccccc64)c4c(ccc6ccccc46)O5)c3)c3ccccc3-c3ccc4ccccc4c32)cc1. The first-order chi connectivity index (χ1) is 29.3. The second kappa shape index (κ2) is 12.0. The van der Waals surface area contributed by atoms with Crippen molar-refractivity contribution in [2.75, 3.05) is 0 Å². The molecular weight excluding hydrogens is 713 g/mol. The van der Waals surface area contributed by atoms with Gasteiger partial charge in [-0.15, -0.1) is 0 Å². The second-order valence-corrected chi connectivity index (χ2v) is 16.3. The number of benzene rings is 10. The zero-order valence-electron chi connectivity index (χ0n) is 32.2. The van der Waals surface area contributed by atoms with E-state index in [-0.39, 0.29) is 0 Å². The molecule has 0 radical (unpaired) electrons. The first kappa shape index (κ1) is 32.6. The maximum atomic E-state index is 6.99. The monoisotopic (exact) mass is 748 g/mol. The Hall–Kier alpha value is -7.48. The Kier molecular flexibility index (Phi) is 6.64. The summed E-state index contributed by atoms with van der Waals surface area (Å²) in [6.07, 6.45) is 0. The molecule has 0 saturated heterocycles. The molecule has 0 bridgehead atoms. The Morgan fingerprint density at radius 3 is 1.53 bits per heavy atom. The zero-order valence-corrected chi connectivity index (χ0v) is 32.2. The standard InChI is InChI=1S/C58H36O/c1-2-18-41(19-3-1)57(49-26-11-10-25-47(49)48-32-29-37-15-4-6-21-43(37)55(48)57)42-20-14-17-39(35-42)40-31-33-53-52(36-40)58(56-44-22-7-5-16-38(44)30-34-54(56)59-53)50-27-12-8-23-45(50)46-24-9-13-28-51(46)58/h1-36H. The highest BCUT2D eigenvalue weighted by atomic mass is 16.5. The van der Waals surface area contributed by atoms with Gasteiger partial charge >= 0.3 is 0 Å². The summed E-state index contributed by atoms with van der Waals surface area (Å²) in [5.74, 6) is 1.80. The highest BCUT2D eigenvalue weighted by molar-refractivity contribution is 6.01. The topological polar surface area (TPSA) is 9.23 Å². The van der Waals surface area contributed by atoms with E-state index in [1.165, 1.54) is 93.9 Å². The predicted molar refractivity (Wildman–Crippen MR) is 242 cm³/mol. The van der Waals surface area contributed by atoms with Crippen molar-refractivity contribution in [1.29, 1.82) is 0 Å². The molecule has 10 aromatic carbocycles. The molecule has 3 aliphatic rings. The fourth-order valence-corrected chi connectivity index (χ4v) is 11.3. The number of rotatable bonds is 3. The van der Waals surface area contributed by atoms with Crippen LogP contribution < -0.4 is 4.74 Å². The molecule has 1 unspecified atom stereocenters. The lowest BCUT2D eigenvalue weighted by Crippen LogP contribution is -2.32. The van der Waals surface area contributed by atoms with Gasteiger partial charge in [-0.25, -0.2) is 0 Å². The molecule has 0 amide bonds. The van der Waals surface area contributed by atoms with Gasteiger partial charge in [-0.1, -0.05) is 194 Å². The van der Waals surface area contributed by atoms with Crippen LogP contribution in [0.1, 0.15) is 44.5 Å². The molecule has 10 aromatic rings. The molecule has 2 aliphatic carbocycles. The van der Waals surface area contributed by atoms with Crippen molar-refractivity contribution in [1.82, 2.24) is 0 Å². The maximum absolute atomic E-state index is 6.99. The van der Waals surface area contributed by atoms with E-state index in [1.807, 2.05) is 0 Å². The Morgan fingerprint density at radius 1 is 0.288 bits per heavy atom. The van der Waals surface area contributed by atoms with Gasteiger partial charge in [0.25, 0.3) is 0 Å². The Labute approximate surface area is 343 Å². The third kappa shape index (κ3) is 4.19. The van der Waals surface area contributed by atoms with Crippen LogP contribution in [-0.2, 0) is 10.8 Å². The molecule has 0 saturated carbocycles. The van der Waals surface area contributed by atoms with Crippen molar-refractivity contribution in [2.24, 2.45) is 0 Å². The van der Waals surface area contributed by atoms with E-state index in [4.69, 9.17) is 4.74 Å². The molecule has 1 heteroatoms. The van der Waals surface area contributed by atoms with Crippen molar-refractivity contribution in [3.63, 3.8) is 0 Å². The molecule has 1 heterocycles. The van der Waals surface area contributed by atoms with Crippen LogP contribution in [0.2, 0.25) is 0 Å². The Balaban J connectivity index is 1.10. The van der Waals surface area contributed by atoms with Gasteiger partial charge in [-0.2, -0.15) is 0 Å². The first-order valence-electron chi connectivity index (χ1n) is 20.6. The smallest absolute Gasteiger partial charge is 0.132 e. The summed E-state index contributed by atoms with van der Waals surface area (Å²) in [6.45, 7) is 0. The summed E-state index contributed by atoms with van der Waals surface area (Å²) in [5.41, 5.74) is 16.5. The third-order valence-electron chi connectivity index (χ3n) is 13.6. The molecule has 1 nitrogen and oxygen atoms in total. The number of fused-ring (bicyclic) bond motifs is 16. The van der Waals surface area contributed by atoms with E-state index in [1.54, 1.807) is 0 Å². The minimum atomic E-state index is -0.585. The van der Waals surface area contributed by atoms with Crippen LogP contribution in [0.4, 0.5) is 0 Å². The van der Waals surface area contributed by atoms with E-state index < -0.39 is 10.8 Å². The van der Waals surface area contributed by atoms with Crippen LogP contribution >= 0.6 is 0 Å². The zero-order chi connectivity index (χ0) is 38.7. The fourth-order valence-electron chi connectivity index (χ4n) is 11.3. The van der Waals surface area contributed by atoms with E-state index in [0.29, 0.717) is 0 Å². The number of ether oxygens (including phenoxy) is 1. The quantitative estimate of drug-likeness (QED) is 0.175. The summed E-state index contributed by atoms with van der Waals surface area (Å²) < 4.78 is 6.99. The molecule has 0 aromatic heterocycles. The van der Waals surface area contributed by atoms with E-state index in [0.717, 1.165) is 17.1 Å². The van der Waals surface area contributed by atoms with Crippen LogP contribution in [0.5, 0.6) is 11.5 Å². The number of hydrogen-bond donors (Lipinski definition) is 0. The van der Waals surface area contributed by atoms with Crippen LogP contribution in [0.15, 0.2) is 218 Å². The van der Waals surface area contributed by atoms with Gasteiger partial charge in [0, 0.05) is 11.1 Å². The Morgan fingerprint density at radius 2 is 0.814 bits per heavy atom. The highest BCUT2D eigenvalue weighted by Crippen LogP contribution is 2.64. The van der Waals surface area contributed by atoms with Crippen molar-refractivity contribution in [2.45, 2.75) is 10.8 Å². The molecule has 274 valence electrons. The summed E-state index contributed by atoms with van der Waals surface area (Å²) in [7, 11) is 0. The summed E-state index contributed by atoms with van der Waals surface area (Å²) in [4.78, 5) is 0. The van der Waals surface area contributed by atoms with Crippen LogP contribution in [0.3, 0.4) is 0 Å². The van der Waals surface area contributed by atoms with Gasteiger partial charge < -0.3 is 4.74 Å². The average Bonchev–Trinajstić information content (AvgIpc) is 3.78. The minimum Gasteiger partial charge on any atom is -0.457 e. The van der Waals surface area contributed by atoms with Crippen molar-refractivity contribution in [3.8, 4) is 44.9 Å².